The Morgan fingerprint density at radius 2 is 1.61 bits per heavy atom. The van der Waals surface area contributed by atoms with Gasteiger partial charge in [-0.15, -0.1) is 0 Å². The number of hydrogen-bond acceptors (Lipinski definition) is 2. The van der Waals surface area contributed by atoms with E-state index < -0.39 is 0 Å². The smallest absolute Gasteiger partial charge is 0.170 e. The molecule has 2 rings (SSSR count). The molecule has 0 bridgehead atoms. The molecule has 0 radical (unpaired) electrons. The summed E-state index contributed by atoms with van der Waals surface area (Å²) in [5, 5.41) is 10.6. The Hall–Kier alpha value is -1.91. The molecule has 3 nitrogen and oxygen atoms in total. The fraction of sp³-hybridized carbons (Fsp3) is 0.316. The molecule has 0 saturated carbocycles. The Balaban J connectivity index is 1.71. The van der Waals surface area contributed by atoms with Crippen LogP contribution in [0.3, 0.4) is 0 Å². The van der Waals surface area contributed by atoms with Gasteiger partial charge in [-0.3, -0.25) is 0 Å². The van der Waals surface area contributed by atoms with Gasteiger partial charge in [-0.25, -0.2) is 0 Å². The van der Waals surface area contributed by atoms with Crippen molar-refractivity contribution in [2.45, 2.75) is 27.3 Å². The molecule has 0 spiro atoms. The highest BCUT2D eigenvalue weighted by Crippen LogP contribution is 2.21. The van der Waals surface area contributed by atoms with E-state index in [4.69, 9.17) is 12.2 Å². The second kappa shape index (κ2) is 8.65. The zero-order chi connectivity index (χ0) is 16.7. The zero-order valence-corrected chi connectivity index (χ0v) is 14.9. The minimum atomic E-state index is 0.668. The highest BCUT2D eigenvalue weighted by molar-refractivity contribution is 7.80. The first kappa shape index (κ1) is 17.4. The highest BCUT2D eigenvalue weighted by atomic mass is 32.1. The SMILES string of the molecule is Cc1cc(C)c(NC(=S)NCCNCc2ccccc2)c(C)c1. The van der Waals surface area contributed by atoms with Gasteiger partial charge in [0.15, 0.2) is 5.11 Å². The minimum absolute atomic E-state index is 0.668. The summed E-state index contributed by atoms with van der Waals surface area (Å²) in [6, 6.07) is 14.7. The van der Waals surface area contributed by atoms with E-state index in [1.807, 2.05) is 6.07 Å². The number of nitrogens with one attached hydrogen (secondary N) is 3. The average Bonchev–Trinajstić information content (AvgIpc) is 2.51. The molecule has 0 atom stereocenters. The zero-order valence-electron chi connectivity index (χ0n) is 14.1. The van der Waals surface area contributed by atoms with Gasteiger partial charge in [0, 0.05) is 25.3 Å². The number of aryl methyl sites for hydroxylation is 3. The molecular formula is C19H25N3S. The van der Waals surface area contributed by atoms with E-state index in [0.717, 1.165) is 25.3 Å². The second-order valence-electron chi connectivity index (χ2n) is 5.82. The topological polar surface area (TPSA) is 36.1 Å². The third kappa shape index (κ3) is 5.66. The van der Waals surface area contributed by atoms with Crippen molar-refractivity contribution >= 4 is 23.0 Å². The number of hydrogen-bond donors (Lipinski definition) is 3. The molecule has 3 N–H and O–H groups in total. The van der Waals surface area contributed by atoms with Gasteiger partial charge < -0.3 is 16.0 Å². The molecule has 4 heteroatoms. The Morgan fingerprint density at radius 1 is 0.957 bits per heavy atom. The Kier molecular flexibility index (Phi) is 6.56. The Bertz CT molecular complexity index is 630. The van der Waals surface area contributed by atoms with Gasteiger partial charge in [-0.1, -0.05) is 48.0 Å². The van der Waals surface area contributed by atoms with Crippen LogP contribution in [0.4, 0.5) is 5.69 Å². The van der Waals surface area contributed by atoms with E-state index >= 15 is 0 Å². The minimum Gasteiger partial charge on any atom is -0.361 e. The monoisotopic (exact) mass is 327 g/mol. The van der Waals surface area contributed by atoms with Crippen LogP contribution < -0.4 is 16.0 Å². The standard InChI is InChI=1S/C19H25N3S/c1-14-11-15(2)18(16(3)12-14)22-19(23)21-10-9-20-13-17-7-5-4-6-8-17/h4-8,11-12,20H,9-10,13H2,1-3H3,(H2,21,22,23). The van der Waals surface area contributed by atoms with E-state index in [9.17, 15) is 0 Å². The molecule has 0 heterocycles. The summed E-state index contributed by atoms with van der Waals surface area (Å²) in [6.45, 7) is 8.85. The van der Waals surface area contributed by atoms with Crippen molar-refractivity contribution in [3.05, 3.63) is 64.7 Å². The fourth-order valence-corrected chi connectivity index (χ4v) is 2.83. The number of benzene rings is 2. The summed E-state index contributed by atoms with van der Waals surface area (Å²) in [7, 11) is 0. The first-order valence-electron chi connectivity index (χ1n) is 7.93. The van der Waals surface area contributed by atoms with Crippen molar-refractivity contribution in [2.75, 3.05) is 18.4 Å². The van der Waals surface area contributed by atoms with E-state index in [-0.39, 0.29) is 0 Å². The Labute approximate surface area is 144 Å². The van der Waals surface area contributed by atoms with E-state index in [2.05, 4.69) is 73.1 Å². The molecule has 0 unspecified atom stereocenters. The molecule has 0 amide bonds. The predicted octanol–water partition coefficient (Wildman–Crippen LogP) is 3.69. The maximum absolute atomic E-state index is 5.38. The second-order valence-corrected chi connectivity index (χ2v) is 6.23. The van der Waals surface area contributed by atoms with Crippen LogP contribution in [-0.2, 0) is 6.54 Å². The summed E-state index contributed by atoms with van der Waals surface area (Å²) in [4.78, 5) is 0. The molecule has 2 aromatic rings. The van der Waals surface area contributed by atoms with Gasteiger partial charge in [0.25, 0.3) is 0 Å². The van der Waals surface area contributed by atoms with Gasteiger partial charge in [-0.05, 0) is 49.7 Å². The number of rotatable bonds is 6. The lowest BCUT2D eigenvalue weighted by atomic mass is 10.1. The molecule has 0 aliphatic carbocycles. The molecule has 0 aliphatic rings. The summed E-state index contributed by atoms with van der Waals surface area (Å²) in [5.74, 6) is 0. The van der Waals surface area contributed by atoms with Crippen molar-refractivity contribution in [1.29, 1.82) is 0 Å². The Morgan fingerprint density at radius 3 is 2.26 bits per heavy atom. The summed E-state index contributed by atoms with van der Waals surface area (Å²) in [5.41, 5.74) is 6.10. The maximum Gasteiger partial charge on any atom is 0.170 e. The molecule has 0 saturated heterocycles. The number of anilines is 1. The van der Waals surface area contributed by atoms with Crippen molar-refractivity contribution in [3.63, 3.8) is 0 Å². The summed E-state index contributed by atoms with van der Waals surface area (Å²) < 4.78 is 0. The predicted molar refractivity (Wildman–Crippen MR) is 103 cm³/mol. The quantitative estimate of drug-likeness (QED) is 0.559. The van der Waals surface area contributed by atoms with Crippen LogP contribution in [0.1, 0.15) is 22.3 Å². The van der Waals surface area contributed by atoms with E-state index in [1.54, 1.807) is 0 Å². The third-order valence-electron chi connectivity index (χ3n) is 3.67. The van der Waals surface area contributed by atoms with Crippen molar-refractivity contribution in [3.8, 4) is 0 Å². The lowest BCUT2D eigenvalue weighted by Gasteiger charge is -2.16. The molecule has 23 heavy (non-hydrogen) atoms. The van der Waals surface area contributed by atoms with Crippen LogP contribution in [0, 0.1) is 20.8 Å². The largest absolute Gasteiger partial charge is 0.361 e. The van der Waals surface area contributed by atoms with Gasteiger partial charge in [0.05, 0.1) is 0 Å². The first-order chi connectivity index (χ1) is 11.1. The van der Waals surface area contributed by atoms with Crippen molar-refractivity contribution < 1.29 is 0 Å². The van der Waals surface area contributed by atoms with Gasteiger partial charge >= 0.3 is 0 Å². The van der Waals surface area contributed by atoms with Gasteiger partial charge in [-0.2, -0.15) is 0 Å². The van der Waals surface area contributed by atoms with Crippen LogP contribution in [0.15, 0.2) is 42.5 Å². The molecule has 2 aromatic carbocycles. The van der Waals surface area contributed by atoms with E-state index in [0.29, 0.717) is 5.11 Å². The van der Waals surface area contributed by atoms with E-state index in [1.165, 1.54) is 22.3 Å². The molecule has 0 fully saturated rings. The van der Waals surface area contributed by atoms with Crippen LogP contribution in [0.5, 0.6) is 0 Å². The normalized spacial score (nSPS) is 10.4. The molecule has 122 valence electrons. The van der Waals surface area contributed by atoms with Gasteiger partial charge in [0.2, 0.25) is 0 Å². The van der Waals surface area contributed by atoms with Crippen molar-refractivity contribution in [1.82, 2.24) is 10.6 Å². The maximum atomic E-state index is 5.38. The van der Waals surface area contributed by atoms with Crippen LogP contribution >= 0.6 is 12.2 Å². The lowest BCUT2D eigenvalue weighted by molar-refractivity contribution is 0.673. The van der Waals surface area contributed by atoms with Crippen molar-refractivity contribution in [2.24, 2.45) is 0 Å². The molecule has 0 aromatic heterocycles. The van der Waals surface area contributed by atoms with Gasteiger partial charge in [0.1, 0.15) is 0 Å². The lowest BCUT2D eigenvalue weighted by Crippen LogP contribution is -2.34. The average molecular weight is 327 g/mol. The van der Waals surface area contributed by atoms with Crippen LogP contribution in [0.2, 0.25) is 0 Å². The molecule has 0 aliphatic heterocycles. The first-order valence-corrected chi connectivity index (χ1v) is 8.34. The highest BCUT2D eigenvalue weighted by Gasteiger charge is 2.05. The van der Waals surface area contributed by atoms with Crippen LogP contribution in [-0.4, -0.2) is 18.2 Å². The van der Waals surface area contributed by atoms with Crippen LogP contribution in [0.25, 0.3) is 0 Å². The summed E-state index contributed by atoms with van der Waals surface area (Å²) >= 11 is 5.38. The molecular weight excluding hydrogens is 302 g/mol. The third-order valence-corrected chi connectivity index (χ3v) is 3.92. The fourth-order valence-electron chi connectivity index (χ4n) is 2.63. The number of thiocarbonyl (C=S) groups is 1. The summed E-state index contributed by atoms with van der Waals surface area (Å²) in [6.07, 6.45) is 0.